The molecule has 1 aliphatic heterocycles. The van der Waals surface area contributed by atoms with Crippen molar-refractivity contribution in [3.63, 3.8) is 0 Å². The first-order chi connectivity index (χ1) is 8.11. The van der Waals surface area contributed by atoms with Crippen LogP contribution in [-0.4, -0.2) is 31.7 Å². The highest BCUT2D eigenvalue weighted by molar-refractivity contribution is 5.95. The van der Waals surface area contributed by atoms with Gasteiger partial charge in [0, 0.05) is 12.2 Å². The van der Waals surface area contributed by atoms with Crippen LogP contribution in [0.25, 0.3) is 0 Å². The zero-order chi connectivity index (χ0) is 12.4. The number of nitrogens with zero attached hydrogens (tertiary/aromatic N) is 1. The van der Waals surface area contributed by atoms with Crippen molar-refractivity contribution in [2.45, 2.75) is 20.0 Å². The van der Waals surface area contributed by atoms with Crippen molar-refractivity contribution in [3.05, 3.63) is 29.3 Å². The van der Waals surface area contributed by atoms with E-state index < -0.39 is 0 Å². The lowest BCUT2D eigenvalue weighted by Crippen LogP contribution is -2.49. The molecule has 0 spiro atoms. The molecule has 1 saturated heterocycles. The molecule has 17 heavy (non-hydrogen) atoms. The molecule has 2 N–H and O–H groups in total. The minimum Gasteiger partial charge on any atom is -0.365 e. The van der Waals surface area contributed by atoms with E-state index in [0.717, 1.165) is 11.3 Å². The van der Waals surface area contributed by atoms with Gasteiger partial charge in [-0.3, -0.25) is 4.79 Å². The Balaban J connectivity index is 2.27. The lowest BCUT2D eigenvalue weighted by molar-refractivity contribution is -0.128. The molecule has 92 valence electrons. The van der Waals surface area contributed by atoms with Gasteiger partial charge in [-0.05, 0) is 25.5 Å². The second-order valence-corrected chi connectivity index (χ2v) is 4.46. The van der Waals surface area contributed by atoms with Crippen LogP contribution in [0, 0.1) is 13.8 Å². The zero-order valence-electron chi connectivity index (χ0n) is 10.3. The molecule has 1 amide bonds. The van der Waals surface area contributed by atoms with E-state index in [1.165, 1.54) is 5.56 Å². The van der Waals surface area contributed by atoms with Crippen LogP contribution in [0.2, 0.25) is 0 Å². The predicted octanol–water partition coefficient (Wildman–Crippen LogP) is 0.994. The molecule has 1 heterocycles. The summed E-state index contributed by atoms with van der Waals surface area (Å²) in [7, 11) is 0. The standard InChI is InChI=1S/C13H18N2O2/c1-9-3-4-12(10(2)5-9)15-7-11(6-14)17-8-13(15)16/h3-5,11H,6-8,14H2,1-2H3. The van der Waals surface area contributed by atoms with Gasteiger partial charge in [-0.1, -0.05) is 17.7 Å². The van der Waals surface area contributed by atoms with Crippen molar-refractivity contribution in [2.75, 3.05) is 24.6 Å². The number of anilines is 1. The summed E-state index contributed by atoms with van der Waals surface area (Å²) in [5, 5.41) is 0. The molecule has 1 aromatic rings. The molecular formula is C13H18N2O2. The Labute approximate surface area is 101 Å². The maximum absolute atomic E-state index is 11.9. The first-order valence-corrected chi connectivity index (χ1v) is 5.81. The number of ether oxygens (including phenoxy) is 1. The Kier molecular flexibility index (Phi) is 3.45. The summed E-state index contributed by atoms with van der Waals surface area (Å²) in [4.78, 5) is 13.6. The van der Waals surface area contributed by atoms with E-state index >= 15 is 0 Å². The van der Waals surface area contributed by atoms with Gasteiger partial charge in [-0.15, -0.1) is 0 Å². The van der Waals surface area contributed by atoms with E-state index in [1.807, 2.05) is 26.0 Å². The Morgan fingerprint density at radius 2 is 2.24 bits per heavy atom. The summed E-state index contributed by atoms with van der Waals surface area (Å²) in [5.74, 6) is 0.00153. The molecule has 2 rings (SSSR count). The fourth-order valence-corrected chi connectivity index (χ4v) is 2.11. The fraction of sp³-hybridized carbons (Fsp3) is 0.462. The zero-order valence-corrected chi connectivity index (χ0v) is 10.3. The van der Waals surface area contributed by atoms with Crippen LogP contribution in [0.5, 0.6) is 0 Å². The lowest BCUT2D eigenvalue weighted by Gasteiger charge is -2.33. The van der Waals surface area contributed by atoms with E-state index in [-0.39, 0.29) is 18.6 Å². The van der Waals surface area contributed by atoms with Crippen molar-refractivity contribution >= 4 is 11.6 Å². The predicted molar refractivity (Wildman–Crippen MR) is 67.1 cm³/mol. The van der Waals surface area contributed by atoms with Gasteiger partial charge < -0.3 is 15.4 Å². The number of carbonyl (C=O) groups is 1. The number of nitrogens with two attached hydrogens (primary N) is 1. The molecule has 0 saturated carbocycles. The van der Waals surface area contributed by atoms with Gasteiger partial charge in [-0.25, -0.2) is 0 Å². The molecule has 0 radical (unpaired) electrons. The van der Waals surface area contributed by atoms with E-state index in [4.69, 9.17) is 10.5 Å². The molecule has 0 bridgehead atoms. The summed E-state index contributed by atoms with van der Waals surface area (Å²) in [6.45, 7) is 5.16. The first kappa shape index (κ1) is 12.1. The van der Waals surface area contributed by atoms with Crippen molar-refractivity contribution < 1.29 is 9.53 Å². The van der Waals surface area contributed by atoms with Crippen LogP contribution in [-0.2, 0) is 9.53 Å². The van der Waals surface area contributed by atoms with Gasteiger partial charge in [0.25, 0.3) is 5.91 Å². The molecule has 1 aromatic carbocycles. The van der Waals surface area contributed by atoms with Crippen LogP contribution in [0.1, 0.15) is 11.1 Å². The lowest BCUT2D eigenvalue weighted by atomic mass is 10.1. The van der Waals surface area contributed by atoms with Gasteiger partial charge in [0.2, 0.25) is 0 Å². The van der Waals surface area contributed by atoms with Crippen molar-refractivity contribution in [3.8, 4) is 0 Å². The fourth-order valence-electron chi connectivity index (χ4n) is 2.11. The van der Waals surface area contributed by atoms with Gasteiger partial charge >= 0.3 is 0 Å². The molecule has 0 aliphatic carbocycles. The summed E-state index contributed by atoms with van der Waals surface area (Å²) in [6.07, 6.45) is -0.0617. The average Bonchev–Trinajstić information content (AvgIpc) is 2.30. The second kappa shape index (κ2) is 4.85. The summed E-state index contributed by atoms with van der Waals surface area (Å²) in [6, 6.07) is 6.08. The van der Waals surface area contributed by atoms with Gasteiger partial charge in [0.1, 0.15) is 6.61 Å². The third-order valence-electron chi connectivity index (χ3n) is 3.04. The minimum absolute atomic E-state index is 0.00153. The molecular weight excluding hydrogens is 216 g/mol. The SMILES string of the molecule is Cc1ccc(N2CC(CN)OCC2=O)c(C)c1. The minimum atomic E-state index is -0.0617. The number of benzene rings is 1. The average molecular weight is 234 g/mol. The number of carbonyl (C=O) groups excluding carboxylic acids is 1. The maximum atomic E-state index is 11.9. The highest BCUT2D eigenvalue weighted by Crippen LogP contribution is 2.23. The van der Waals surface area contributed by atoms with Crippen LogP contribution in [0.3, 0.4) is 0 Å². The van der Waals surface area contributed by atoms with E-state index in [1.54, 1.807) is 4.90 Å². The van der Waals surface area contributed by atoms with Crippen LogP contribution >= 0.6 is 0 Å². The van der Waals surface area contributed by atoms with Gasteiger partial charge in [0.05, 0.1) is 12.6 Å². The smallest absolute Gasteiger partial charge is 0.253 e. The first-order valence-electron chi connectivity index (χ1n) is 5.81. The Morgan fingerprint density at radius 1 is 1.47 bits per heavy atom. The highest BCUT2D eigenvalue weighted by Gasteiger charge is 2.27. The van der Waals surface area contributed by atoms with Crippen LogP contribution in [0.15, 0.2) is 18.2 Å². The third kappa shape index (κ3) is 2.48. The molecule has 1 atom stereocenters. The molecule has 1 aliphatic rings. The largest absolute Gasteiger partial charge is 0.365 e. The number of hydrogen-bond donors (Lipinski definition) is 1. The summed E-state index contributed by atoms with van der Waals surface area (Å²) < 4.78 is 5.34. The highest BCUT2D eigenvalue weighted by atomic mass is 16.5. The monoisotopic (exact) mass is 234 g/mol. The number of rotatable bonds is 2. The van der Waals surface area contributed by atoms with Gasteiger partial charge in [-0.2, -0.15) is 0 Å². The number of aryl methyl sites for hydroxylation is 2. The number of hydrogen-bond acceptors (Lipinski definition) is 3. The Morgan fingerprint density at radius 3 is 2.88 bits per heavy atom. The van der Waals surface area contributed by atoms with Crippen molar-refractivity contribution in [2.24, 2.45) is 5.73 Å². The maximum Gasteiger partial charge on any atom is 0.253 e. The number of amides is 1. The van der Waals surface area contributed by atoms with Crippen LogP contribution < -0.4 is 10.6 Å². The topological polar surface area (TPSA) is 55.6 Å². The van der Waals surface area contributed by atoms with E-state index in [2.05, 4.69) is 6.07 Å². The molecule has 1 fully saturated rings. The molecule has 4 heteroatoms. The normalized spacial score (nSPS) is 20.8. The Bertz CT molecular complexity index is 431. The Hall–Kier alpha value is -1.39. The van der Waals surface area contributed by atoms with Crippen molar-refractivity contribution in [1.29, 1.82) is 0 Å². The molecule has 4 nitrogen and oxygen atoms in total. The van der Waals surface area contributed by atoms with E-state index in [9.17, 15) is 4.79 Å². The molecule has 0 aromatic heterocycles. The molecule has 1 unspecified atom stereocenters. The van der Waals surface area contributed by atoms with Gasteiger partial charge in [0.15, 0.2) is 0 Å². The quantitative estimate of drug-likeness (QED) is 0.830. The third-order valence-corrected chi connectivity index (χ3v) is 3.04. The number of morpholine rings is 1. The second-order valence-electron chi connectivity index (χ2n) is 4.46. The van der Waals surface area contributed by atoms with Crippen molar-refractivity contribution in [1.82, 2.24) is 0 Å². The van der Waals surface area contributed by atoms with E-state index in [0.29, 0.717) is 13.1 Å². The summed E-state index contributed by atoms with van der Waals surface area (Å²) in [5.41, 5.74) is 8.85. The summed E-state index contributed by atoms with van der Waals surface area (Å²) >= 11 is 0. The van der Waals surface area contributed by atoms with Crippen LogP contribution in [0.4, 0.5) is 5.69 Å².